The van der Waals surface area contributed by atoms with Crippen LogP contribution < -0.4 is 15.4 Å². The lowest BCUT2D eigenvalue weighted by atomic mass is 9.96. The number of rotatable bonds is 5. The van der Waals surface area contributed by atoms with Crippen LogP contribution in [0.4, 0.5) is 0 Å². The number of methoxy groups -OCH3 is 2. The van der Waals surface area contributed by atoms with Crippen LogP contribution in [0.5, 0.6) is 5.75 Å². The zero-order chi connectivity index (χ0) is 17.8. The highest BCUT2D eigenvalue weighted by atomic mass is 16.5. The molecule has 0 amide bonds. The average molecular weight is 347 g/mol. The van der Waals surface area contributed by atoms with Gasteiger partial charge in [0.25, 0.3) is 0 Å². The minimum atomic E-state index is -0.416. The van der Waals surface area contributed by atoms with Crippen molar-refractivity contribution in [3.63, 3.8) is 0 Å². The molecule has 136 valence electrons. The first-order valence-electron chi connectivity index (χ1n) is 8.52. The van der Waals surface area contributed by atoms with Crippen molar-refractivity contribution in [1.82, 2.24) is 10.6 Å². The second-order valence-electron chi connectivity index (χ2n) is 6.31. The molecule has 7 nitrogen and oxygen atoms in total. The standard InChI is InChI=1S/C18H25N3O4/c1-19-18(21-14-9-12-5-7-16(14)25-12)20-10-11-4-6-15(23-2)13(8-11)17(22)24-3/h4,6,8,12,14,16H,5,7,9-10H2,1-3H3,(H2,19,20,21). The molecule has 3 unspecified atom stereocenters. The molecule has 2 fully saturated rings. The van der Waals surface area contributed by atoms with Crippen LogP contribution in [0.25, 0.3) is 0 Å². The first-order valence-corrected chi connectivity index (χ1v) is 8.52. The predicted molar refractivity (Wildman–Crippen MR) is 94.0 cm³/mol. The molecule has 2 bridgehead atoms. The maximum atomic E-state index is 11.9. The summed E-state index contributed by atoms with van der Waals surface area (Å²) in [6, 6.07) is 5.76. The normalized spacial score (nSPS) is 24.9. The second kappa shape index (κ2) is 7.74. The number of ether oxygens (including phenoxy) is 3. The van der Waals surface area contributed by atoms with Gasteiger partial charge in [-0.15, -0.1) is 0 Å². The van der Waals surface area contributed by atoms with Crippen molar-refractivity contribution >= 4 is 11.9 Å². The Bertz CT molecular complexity index is 662. The van der Waals surface area contributed by atoms with Crippen LogP contribution >= 0.6 is 0 Å². The number of benzene rings is 1. The third-order valence-corrected chi connectivity index (χ3v) is 4.78. The molecule has 7 heteroatoms. The van der Waals surface area contributed by atoms with Crippen LogP contribution in [0, 0.1) is 0 Å². The minimum absolute atomic E-state index is 0.287. The van der Waals surface area contributed by atoms with E-state index in [9.17, 15) is 4.79 Å². The molecule has 0 aromatic heterocycles. The number of guanidine groups is 1. The highest BCUT2D eigenvalue weighted by Gasteiger charge is 2.41. The van der Waals surface area contributed by atoms with E-state index in [1.165, 1.54) is 14.2 Å². The molecule has 2 aliphatic rings. The van der Waals surface area contributed by atoms with E-state index in [1.807, 2.05) is 6.07 Å². The Kier molecular flexibility index (Phi) is 5.43. The van der Waals surface area contributed by atoms with Gasteiger partial charge in [-0.3, -0.25) is 4.99 Å². The summed E-state index contributed by atoms with van der Waals surface area (Å²) in [5, 5.41) is 6.72. The number of fused-ring (bicyclic) bond motifs is 2. The van der Waals surface area contributed by atoms with Crippen LogP contribution in [-0.4, -0.2) is 51.4 Å². The van der Waals surface area contributed by atoms with Crippen molar-refractivity contribution in [3.8, 4) is 5.75 Å². The van der Waals surface area contributed by atoms with Gasteiger partial charge in [0.05, 0.1) is 32.5 Å². The summed E-state index contributed by atoms with van der Waals surface area (Å²) in [5.41, 5.74) is 1.35. The molecule has 3 rings (SSSR count). The zero-order valence-electron chi connectivity index (χ0n) is 14.9. The van der Waals surface area contributed by atoms with Gasteiger partial charge in [-0.25, -0.2) is 4.79 Å². The van der Waals surface area contributed by atoms with E-state index in [-0.39, 0.29) is 6.10 Å². The molecule has 3 atom stereocenters. The average Bonchev–Trinajstić information content (AvgIpc) is 3.27. The fraction of sp³-hybridized carbons (Fsp3) is 0.556. The number of nitrogens with one attached hydrogen (secondary N) is 2. The number of carbonyl (C=O) groups is 1. The van der Waals surface area contributed by atoms with E-state index < -0.39 is 5.97 Å². The molecule has 2 saturated heterocycles. The third-order valence-electron chi connectivity index (χ3n) is 4.78. The molecule has 2 aliphatic heterocycles. The maximum absolute atomic E-state index is 11.9. The Morgan fingerprint density at radius 1 is 1.36 bits per heavy atom. The molecule has 1 aromatic rings. The molecule has 25 heavy (non-hydrogen) atoms. The summed E-state index contributed by atoms with van der Waals surface area (Å²) in [7, 11) is 4.63. The van der Waals surface area contributed by atoms with Crippen molar-refractivity contribution in [2.24, 2.45) is 4.99 Å². The molecule has 0 radical (unpaired) electrons. The topological polar surface area (TPSA) is 81.2 Å². The first kappa shape index (κ1) is 17.5. The molecule has 0 spiro atoms. The number of carbonyl (C=O) groups excluding carboxylic acids is 1. The van der Waals surface area contributed by atoms with Crippen molar-refractivity contribution in [1.29, 1.82) is 0 Å². The molecule has 0 saturated carbocycles. The molecule has 2 N–H and O–H groups in total. The van der Waals surface area contributed by atoms with Gasteiger partial charge >= 0.3 is 5.97 Å². The van der Waals surface area contributed by atoms with Crippen molar-refractivity contribution in [2.75, 3.05) is 21.3 Å². The second-order valence-corrected chi connectivity index (χ2v) is 6.31. The van der Waals surface area contributed by atoms with Gasteiger partial charge in [0.2, 0.25) is 0 Å². The van der Waals surface area contributed by atoms with Crippen LogP contribution in [0.2, 0.25) is 0 Å². The SMILES string of the molecule is CN=C(NCc1ccc(OC)c(C(=O)OC)c1)NC1CC2CCC1O2. The summed E-state index contributed by atoms with van der Waals surface area (Å²) in [6.45, 7) is 0.537. The van der Waals surface area contributed by atoms with Crippen LogP contribution in [0.3, 0.4) is 0 Å². The summed E-state index contributed by atoms with van der Waals surface area (Å²) in [4.78, 5) is 16.2. The summed E-state index contributed by atoms with van der Waals surface area (Å²) in [6.07, 6.45) is 3.98. The zero-order valence-corrected chi connectivity index (χ0v) is 14.9. The van der Waals surface area contributed by atoms with Gasteiger partial charge in [-0.2, -0.15) is 0 Å². The number of aliphatic imine (C=N–C) groups is 1. The molecule has 0 aliphatic carbocycles. The summed E-state index contributed by atoms with van der Waals surface area (Å²) < 4.78 is 15.9. The third kappa shape index (κ3) is 3.87. The first-order chi connectivity index (χ1) is 12.1. The van der Waals surface area contributed by atoms with E-state index in [1.54, 1.807) is 19.2 Å². The Morgan fingerprint density at radius 3 is 2.80 bits per heavy atom. The quantitative estimate of drug-likeness (QED) is 0.477. The monoisotopic (exact) mass is 347 g/mol. The van der Waals surface area contributed by atoms with Crippen molar-refractivity contribution < 1.29 is 19.0 Å². The van der Waals surface area contributed by atoms with E-state index in [0.717, 1.165) is 30.8 Å². The lowest BCUT2D eigenvalue weighted by Gasteiger charge is -2.22. The fourth-order valence-corrected chi connectivity index (χ4v) is 3.48. The van der Waals surface area contributed by atoms with Crippen LogP contribution in [-0.2, 0) is 16.0 Å². The Hall–Kier alpha value is -2.28. The fourth-order valence-electron chi connectivity index (χ4n) is 3.48. The lowest BCUT2D eigenvalue weighted by Crippen LogP contribution is -2.47. The summed E-state index contributed by atoms with van der Waals surface area (Å²) in [5.74, 6) is 0.814. The van der Waals surface area contributed by atoms with E-state index >= 15 is 0 Å². The molecule has 1 aromatic carbocycles. The van der Waals surface area contributed by atoms with Gasteiger partial charge in [0, 0.05) is 13.6 Å². The van der Waals surface area contributed by atoms with Crippen LogP contribution in [0.1, 0.15) is 35.2 Å². The van der Waals surface area contributed by atoms with Crippen molar-refractivity contribution in [3.05, 3.63) is 29.3 Å². The van der Waals surface area contributed by atoms with Gasteiger partial charge in [-0.05, 0) is 37.0 Å². The predicted octanol–water partition coefficient (Wildman–Crippen LogP) is 1.47. The highest BCUT2D eigenvalue weighted by Crippen LogP contribution is 2.34. The van der Waals surface area contributed by atoms with E-state index in [2.05, 4.69) is 15.6 Å². The smallest absolute Gasteiger partial charge is 0.341 e. The number of hydrogen-bond donors (Lipinski definition) is 2. The Labute approximate surface area is 147 Å². The molecular formula is C18H25N3O4. The minimum Gasteiger partial charge on any atom is -0.496 e. The highest BCUT2D eigenvalue weighted by molar-refractivity contribution is 5.92. The molecular weight excluding hydrogens is 322 g/mol. The van der Waals surface area contributed by atoms with E-state index in [0.29, 0.717) is 30.0 Å². The van der Waals surface area contributed by atoms with Gasteiger partial charge < -0.3 is 24.8 Å². The van der Waals surface area contributed by atoms with Gasteiger partial charge in [-0.1, -0.05) is 6.07 Å². The molecule has 2 heterocycles. The Balaban J connectivity index is 1.61. The van der Waals surface area contributed by atoms with E-state index in [4.69, 9.17) is 14.2 Å². The van der Waals surface area contributed by atoms with Gasteiger partial charge in [0.15, 0.2) is 5.96 Å². The maximum Gasteiger partial charge on any atom is 0.341 e. The largest absolute Gasteiger partial charge is 0.496 e. The number of esters is 1. The van der Waals surface area contributed by atoms with Crippen LogP contribution in [0.15, 0.2) is 23.2 Å². The Morgan fingerprint density at radius 2 is 2.20 bits per heavy atom. The van der Waals surface area contributed by atoms with Gasteiger partial charge in [0.1, 0.15) is 11.3 Å². The number of nitrogens with zero attached hydrogens (tertiary/aromatic N) is 1. The summed E-state index contributed by atoms with van der Waals surface area (Å²) >= 11 is 0. The lowest BCUT2D eigenvalue weighted by molar-refractivity contribution is 0.0597. The van der Waals surface area contributed by atoms with Crippen molar-refractivity contribution in [2.45, 2.75) is 44.1 Å². The number of hydrogen-bond acceptors (Lipinski definition) is 5.